The monoisotopic (exact) mass is 819 g/mol. The van der Waals surface area contributed by atoms with Gasteiger partial charge in [-0.15, -0.1) is 5.06 Å². The van der Waals surface area contributed by atoms with Crippen molar-refractivity contribution in [2.75, 3.05) is 11.5 Å². The van der Waals surface area contributed by atoms with E-state index in [9.17, 15) is 38.7 Å². The number of aliphatic carboxylic acids is 1. The van der Waals surface area contributed by atoms with Gasteiger partial charge in [-0.05, 0) is 87.8 Å². The van der Waals surface area contributed by atoms with Crippen LogP contribution in [-0.2, 0) is 41.8 Å². The molecule has 1 saturated heterocycles. The lowest BCUT2D eigenvalue weighted by Crippen LogP contribution is -2.42. The highest BCUT2D eigenvalue weighted by Crippen LogP contribution is 2.44. The molecule has 1 unspecified atom stereocenters. The Morgan fingerprint density at radius 2 is 1.56 bits per heavy atom. The summed E-state index contributed by atoms with van der Waals surface area (Å²) in [5.41, 5.74) is 6.15. The smallest absolute Gasteiger partial charge is 0.414 e. The van der Waals surface area contributed by atoms with Crippen LogP contribution in [0, 0.1) is 6.92 Å². The number of amides is 4. The normalized spacial score (nSPS) is 14.9. The first kappa shape index (κ1) is 38.8. The van der Waals surface area contributed by atoms with Crippen LogP contribution in [0.5, 0.6) is 0 Å². The number of nitrogens with zero attached hydrogens (tertiary/aromatic N) is 4. The van der Waals surface area contributed by atoms with Crippen LogP contribution in [0.4, 0.5) is 10.5 Å². The van der Waals surface area contributed by atoms with Crippen molar-refractivity contribution in [3.05, 3.63) is 141 Å². The van der Waals surface area contributed by atoms with Crippen LogP contribution < -0.4 is 10.5 Å². The molecule has 3 aliphatic rings. The van der Waals surface area contributed by atoms with Crippen molar-refractivity contribution in [1.29, 1.82) is 0 Å². The molecule has 5 aromatic carbocycles. The first-order valence-electron chi connectivity index (χ1n) is 19.7. The lowest BCUT2D eigenvalue weighted by Gasteiger charge is -2.25. The van der Waals surface area contributed by atoms with Gasteiger partial charge in [0, 0.05) is 36.6 Å². The standard InChI is InChI=1S/C46H37N5O10/c1-25-47-37-15-12-27-11-10-26(20-35(27)42(37)43(55)48-25)22-49(46(59)60-24-36-33-8-4-2-6-31(33)32-7-3-5-9-34(32)36)29-13-14-30-28(21-29)23-50(44(30)56)38(45(57)58)16-19-41(54)61-51-39(52)17-18-40(51)53/h2-15,20-21,36,38H,16-19,22-24H2,1H3,(H,57,58)(H,47,48,55). The Morgan fingerprint density at radius 3 is 2.26 bits per heavy atom. The fourth-order valence-corrected chi connectivity index (χ4v) is 8.56. The van der Waals surface area contributed by atoms with Crippen LogP contribution in [0.2, 0.25) is 0 Å². The number of fused-ring (bicyclic) bond motifs is 7. The predicted molar refractivity (Wildman–Crippen MR) is 220 cm³/mol. The molecule has 1 fully saturated rings. The molecule has 61 heavy (non-hydrogen) atoms. The molecule has 4 amide bonds. The molecule has 1 aliphatic carbocycles. The molecule has 1 aromatic heterocycles. The van der Waals surface area contributed by atoms with E-state index in [0.717, 1.165) is 32.5 Å². The van der Waals surface area contributed by atoms with Gasteiger partial charge in [0.15, 0.2) is 0 Å². The minimum Gasteiger partial charge on any atom is -0.480 e. The van der Waals surface area contributed by atoms with Gasteiger partial charge in [0.2, 0.25) is 0 Å². The van der Waals surface area contributed by atoms with Gasteiger partial charge < -0.3 is 24.6 Å². The van der Waals surface area contributed by atoms with Crippen molar-refractivity contribution < 1.29 is 43.4 Å². The summed E-state index contributed by atoms with van der Waals surface area (Å²) >= 11 is 0. The lowest BCUT2D eigenvalue weighted by molar-refractivity contribution is -0.197. The number of aromatic amines is 1. The van der Waals surface area contributed by atoms with E-state index in [1.165, 1.54) is 11.0 Å². The minimum absolute atomic E-state index is 0.00146. The van der Waals surface area contributed by atoms with Gasteiger partial charge in [0.05, 0.1) is 23.9 Å². The third-order valence-corrected chi connectivity index (χ3v) is 11.5. The van der Waals surface area contributed by atoms with Crippen LogP contribution >= 0.6 is 0 Å². The van der Waals surface area contributed by atoms with E-state index in [4.69, 9.17) is 9.57 Å². The fraction of sp³-hybridized carbons (Fsp3) is 0.217. The zero-order valence-corrected chi connectivity index (χ0v) is 32.8. The number of rotatable bonds is 11. The first-order chi connectivity index (χ1) is 29.4. The number of hydroxylamine groups is 2. The average Bonchev–Trinajstić information content (AvgIpc) is 3.87. The van der Waals surface area contributed by atoms with Crippen LogP contribution in [0.15, 0.2) is 102 Å². The van der Waals surface area contributed by atoms with E-state index in [1.54, 1.807) is 25.1 Å². The summed E-state index contributed by atoms with van der Waals surface area (Å²) in [4.78, 5) is 105. The number of benzene rings is 5. The van der Waals surface area contributed by atoms with Gasteiger partial charge in [0.1, 0.15) is 18.5 Å². The van der Waals surface area contributed by atoms with Crippen molar-refractivity contribution in [1.82, 2.24) is 19.9 Å². The molecule has 1 atom stereocenters. The quantitative estimate of drug-likeness (QED) is 0.113. The Hall–Kier alpha value is -7.68. The van der Waals surface area contributed by atoms with Crippen LogP contribution in [0.25, 0.3) is 32.8 Å². The van der Waals surface area contributed by atoms with Crippen molar-refractivity contribution in [3.8, 4) is 11.1 Å². The second-order valence-electron chi connectivity index (χ2n) is 15.3. The Morgan fingerprint density at radius 1 is 0.869 bits per heavy atom. The van der Waals surface area contributed by atoms with E-state index in [0.29, 0.717) is 44.0 Å². The molecule has 2 aliphatic heterocycles. The van der Waals surface area contributed by atoms with Gasteiger partial charge >= 0.3 is 18.0 Å². The van der Waals surface area contributed by atoms with Crippen LogP contribution in [0.1, 0.15) is 70.0 Å². The lowest BCUT2D eigenvalue weighted by atomic mass is 9.98. The third-order valence-electron chi connectivity index (χ3n) is 11.5. The van der Waals surface area contributed by atoms with E-state index in [1.807, 2.05) is 72.8 Å². The number of carboxylic acid groups (broad SMARTS) is 1. The van der Waals surface area contributed by atoms with E-state index >= 15 is 0 Å². The number of carboxylic acids is 1. The Labute approximate surface area is 347 Å². The number of nitrogens with one attached hydrogen (secondary N) is 1. The largest absolute Gasteiger partial charge is 0.480 e. The van der Waals surface area contributed by atoms with Crippen molar-refractivity contribution in [2.45, 2.75) is 57.7 Å². The maximum atomic E-state index is 14.4. The number of ether oxygens (including phenoxy) is 1. The number of hydrogen-bond acceptors (Lipinski definition) is 10. The molecule has 0 bridgehead atoms. The van der Waals surface area contributed by atoms with Gasteiger partial charge in [-0.2, -0.15) is 0 Å². The van der Waals surface area contributed by atoms with Gasteiger partial charge in [-0.3, -0.25) is 24.1 Å². The number of carbonyl (C=O) groups excluding carboxylic acids is 5. The topological polar surface area (TPSA) is 197 Å². The molecule has 2 N–H and O–H groups in total. The SMILES string of the molecule is Cc1nc2ccc3ccc(CN(C(=O)OCC4c5ccccc5-c5ccccc54)c4ccc5c(c4)CN(C(CCC(=O)ON4C(=O)CCC4=O)C(=O)O)C5=O)cc3c2c(=O)[nH]1. The van der Waals surface area contributed by atoms with Gasteiger partial charge in [-0.1, -0.05) is 66.7 Å². The highest BCUT2D eigenvalue weighted by molar-refractivity contribution is 6.06. The number of imide groups is 1. The fourth-order valence-electron chi connectivity index (χ4n) is 8.56. The zero-order valence-electron chi connectivity index (χ0n) is 32.8. The highest BCUT2D eigenvalue weighted by atomic mass is 16.7. The Balaban J connectivity index is 1.01. The maximum Gasteiger partial charge on any atom is 0.414 e. The average molecular weight is 820 g/mol. The molecule has 0 saturated carbocycles. The molecule has 0 radical (unpaired) electrons. The summed E-state index contributed by atoms with van der Waals surface area (Å²) in [7, 11) is 0. The molecular weight excluding hydrogens is 783 g/mol. The Bertz CT molecular complexity index is 2860. The van der Waals surface area contributed by atoms with E-state index in [-0.39, 0.29) is 56.0 Å². The summed E-state index contributed by atoms with van der Waals surface area (Å²) in [6.45, 7) is 1.59. The number of hydrogen-bond donors (Lipinski definition) is 2. The summed E-state index contributed by atoms with van der Waals surface area (Å²) in [6, 6.07) is 28.5. The third kappa shape index (κ3) is 7.13. The summed E-state index contributed by atoms with van der Waals surface area (Å²) in [5.74, 6) is -4.02. The Kier molecular flexibility index (Phi) is 9.86. The van der Waals surface area contributed by atoms with E-state index in [2.05, 4.69) is 9.97 Å². The molecule has 0 spiro atoms. The summed E-state index contributed by atoms with van der Waals surface area (Å²) in [6.07, 6.45) is -1.70. The van der Waals surface area contributed by atoms with Crippen molar-refractivity contribution in [3.63, 3.8) is 0 Å². The van der Waals surface area contributed by atoms with Crippen molar-refractivity contribution >= 4 is 63.1 Å². The molecule has 15 nitrogen and oxygen atoms in total. The second-order valence-corrected chi connectivity index (χ2v) is 15.3. The van der Waals surface area contributed by atoms with Crippen molar-refractivity contribution in [2.24, 2.45) is 0 Å². The number of aryl methyl sites for hydroxylation is 1. The minimum atomic E-state index is -1.45. The number of anilines is 1. The maximum absolute atomic E-state index is 14.4. The molecule has 6 aromatic rings. The molecule has 306 valence electrons. The summed E-state index contributed by atoms with van der Waals surface area (Å²) in [5, 5.41) is 12.4. The molecular formula is C46H37N5O10. The summed E-state index contributed by atoms with van der Waals surface area (Å²) < 4.78 is 6.14. The highest BCUT2D eigenvalue weighted by Gasteiger charge is 2.39. The van der Waals surface area contributed by atoms with Gasteiger partial charge in [-0.25, -0.2) is 19.4 Å². The molecule has 9 rings (SSSR count). The number of H-pyrrole nitrogens is 1. The number of aromatic nitrogens is 2. The van der Waals surface area contributed by atoms with E-state index < -0.39 is 48.2 Å². The molecule has 15 heteroatoms. The van der Waals surface area contributed by atoms with Crippen LogP contribution in [0.3, 0.4) is 0 Å². The van der Waals surface area contributed by atoms with Gasteiger partial charge in [0.25, 0.3) is 23.3 Å². The first-order valence-corrected chi connectivity index (χ1v) is 19.7. The molecule has 3 heterocycles. The zero-order chi connectivity index (χ0) is 42.5. The van der Waals surface area contributed by atoms with Crippen LogP contribution in [-0.4, -0.2) is 73.4 Å². The predicted octanol–water partition coefficient (Wildman–Crippen LogP) is 6.14. The number of carbonyl (C=O) groups is 6. The second kappa shape index (κ2) is 15.5.